The molecular formula is C15H21NO. The fourth-order valence-electron chi connectivity index (χ4n) is 2.19. The third kappa shape index (κ3) is 3.10. The molecule has 1 unspecified atom stereocenters. The summed E-state index contributed by atoms with van der Waals surface area (Å²) >= 11 is 0. The van der Waals surface area contributed by atoms with Gasteiger partial charge in [-0.3, -0.25) is 0 Å². The minimum absolute atomic E-state index is 0.639. The van der Waals surface area contributed by atoms with Crippen LogP contribution in [0, 0.1) is 0 Å². The molecule has 92 valence electrons. The Morgan fingerprint density at radius 1 is 1.24 bits per heavy atom. The zero-order chi connectivity index (χ0) is 12.1. The molecule has 1 aromatic carbocycles. The molecule has 17 heavy (non-hydrogen) atoms. The average molecular weight is 231 g/mol. The maximum atomic E-state index is 5.34. The molecule has 2 rings (SSSR count). The predicted octanol–water partition coefficient (Wildman–Crippen LogP) is 4.10. The van der Waals surface area contributed by atoms with Crippen molar-refractivity contribution in [3.05, 3.63) is 36.1 Å². The van der Waals surface area contributed by atoms with Gasteiger partial charge < -0.3 is 9.73 Å². The first-order valence-corrected chi connectivity index (χ1v) is 6.53. The van der Waals surface area contributed by atoms with E-state index in [9.17, 15) is 0 Å². The van der Waals surface area contributed by atoms with Crippen molar-refractivity contribution in [2.75, 3.05) is 0 Å². The second kappa shape index (κ2) is 5.87. The minimum Gasteiger partial charge on any atom is -0.464 e. The molecule has 1 atom stereocenters. The van der Waals surface area contributed by atoms with Crippen LogP contribution in [0.4, 0.5) is 0 Å². The summed E-state index contributed by atoms with van der Waals surface area (Å²) in [4.78, 5) is 0. The largest absolute Gasteiger partial charge is 0.464 e. The molecule has 0 radical (unpaired) electrons. The third-order valence-corrected chi connectivity index (χ3v) is 3.24. The fourth-order valence-corrected chi connectivity index (χ4v) is 2.19. The van der Waals surface area contributed by atoms with Gasteiger partial charge in [-0.25, -0.2) is 0 Å². The van der Waals surface area contributed by atoms with Gasteiger partial charge in [0.25, 0.3) is 0 Å². The lowest BCUT2D eigenvalue weighted by Crippen LogP contribution is -2.27. The second-order valence-corrected chi connectivity index (χ2v) is 4.57. The fraction of sp³-hybridized carbons (Fsp3) is 0.467. The van der Waals surface area contributed by atoms with Crippen molar-refractivity contribution < 1.29 is 4.42 Å². The summed E-state index contributed by atoms with van der Waals surface area (Å²) in [7, 11) is 0. The third-order valence-electron chi connectivity index (χ3n) is 3.24. The van der Waals surface area contributed by atoms with E-state index in [1.165, 1.54) is 30.2 Å². The van der Waals surface area contributed by atoms with E-state index < -0.39 is 0 Å². The first-order valence-electron chi connectivity index (χ1n) is 6.53. The number of furan rings is 1. The van der Waals surface area contributed by atoms with Crippen LogP contribution in [0.1, 0.15) is 38.7 Å². The summed E-state index contributed by atoms with van der Waals surface area (Å²) in [5.74, 6) is 0. The van der Waals surface area contributed by atoms with Crippen molar-refractivity contribution in [2.45, 2.75) is 45.7 Å². The number of fused-ring (bicyclic) bond motifs is 1. The molecule has 1 aromatic heterocycles. The molecule has 1 N–H and O–H groups in total. The highest BCUT2D eigenvalue weighted by Gasteiger charge is 2.04. The summed E-state index contributed by atoms with van der Waals surface area (Å²) in [6.45, 7) is 5.42. The summed E-state index contributed by atoms with van der Waals surface area (Å²) < 4.78 is 5.34. The Hall–Kier alpha value is -1.28. The van der Waals surface area contributed by atoms with Crippen LogP contribution in [0.3, 0.4) is 0 Å². The molecule has 0 amide bonds. The van der Waals surface area contributed by atoms with Crippen LogP contribution < -0.4 is 5.32 Å². The monoisotopic (exact) mass is 231 g/mol. The molecule has 2 aromatic rings. The number of hydrogen-bond acceptors (Lipinski definition) is 2. The second-order valence-electron chi connectivity index (χ2n) is 4.57. The smallest absolute Gasteiger partial charge is 0.133 e. The summed E-state index contributed by atoms with van der Waals surface area (Å²) in [5.41, 5.74) is 2.29. The lowest BCUT2D eigenvalue weighted by molar-refractivity contribution is 0.462. The molecule has 0 bridgehead atoms. The van der Waals surface area contributed by atoms with E-state index in [1.807, 2.05) is 12.1 Å². The van der Waals surface area contributed by atoms with Gasteiger partial charge in [-0.1, -0.05) is 26.3 Å². The summed E-state index contributed by atoms with van der Waals surface area (Å²) in [6, 6.07) is 9.04. The SMILES string of the molecule is CCCC(CC)NCc1ccc2occc2c1. The maximum Gasteiger partial charge on any atom is 0.133 e. The lowest BCUT2D eigenvalue weighted by atomic mass is 10.1. The van der Waals surface area contributed by atoms with Crippen LogP contribution in [0.25, 0.3) is 11.0 Å². The first kappa shape index (κ1) is 12.2. The Balaban J connectivity index is 1.97. The van der Waals surface area contributed by atoms with E-state index in [-0.39, 0.29) is 0 Å². The Labute approximate surface area is 103 Å². The summed E-state index contributed by atoms with van der Waals surface area (Å²) in [6.07, 6.45) is 5.44. The van der Waals surface area contributed by atoms with Crippen molar-refractivity contribution in [3.8, 4) is 0 Å². The topological polar surface area (TPSA) is 25.2 Å². The van der Waals surface area contributed by atoms with Crippen LogP contribution in [0.5, 0.6) is 0 Å². The van der Waals surface area contributed by atoms with Gasteiger partial charge in [0.2, 0.25) is 0 Å². The van der Waals surface area contributed by atoms with E-state index in [1.54, 1.807) is 6.26 Å². The zero-order valence-electron chi connectivity index (χ0n) is 10.7. The van der Waals surface area contributed by atoms with E-state index >= 15 is 0 Å². The molecule has 2 nitrogen and oxygen atoms in total. The van der Waals surface area contributed by atoms with E-state index in [0.29, 0.717) is 6.04 Å². The van der Waals surface area contributed by atoms with Crippen molar-refractivity contribution in [2.24, 2.45) is 0 Å². The Morgan fingerprint density at radius 3 is 2.88 bits per heavy atom. The molecule has 0 saturated carbocycles. The predicted molar refractivity (Wildman–Crippen MR) is 72.0 cm³/mol. The normalized spacial score (nSPS) is 13.1. The zero-order valence-corrected chi connectivity index (χ0v) is 10.7. The highest BCUT2D eigenvalue weighted by atomic mass is 16.3. The van der Waals surface area contributed by atoms with E-state index in [0.717, 1.165) is 12.1 Å². The van der Waals surface area contributed by atoms with Gasteiger partial charge in [-0.15, -0.1) is 0 Å². The van der Waals surface area contributed by atoms with Gasteiger partial charge in [0, 0.05) is 18.0 Å². The Kier molecular flexibility index (Phi) is 4.21. The van der Waals surface area contributed by atoms with Gasteiger partial charge in [0.15, 0.2) is 0 Å². The van der Waals surface area contributed by atoms with Crippen molar-refractivity contribution >= 4 is 11.0 Å². The van der Waals surface area contributed by atoms with Crippen LogP contribution in [0.2, 0.25) is 0 Å². The van der Waals surface area contributed by atoms with Crippen LogP contribution in [-0.2, 0) is 6.54 Å². The van der Waals surface area contributed by atoms with Gasteiger partial charge >= 0.3 is 0 Å². The molecule has 0 aliphatic heterocycles. The molecule has 0 fully saturated rings. The van der Waals surface area contributed by atoms with E-state index in [4.69, 9.17) is 4.42 Å². The summed E-state index contributed by atoms with van der Waals surface area (Å²) in [5, 5.41) is 4.80. The van der Waals surface area contributed by atoms with Gasteiger partial charge in [0.1, 0.15) is 5.58 Å². The molecule has 1 heterocycles. The molecule has 0 spiro atoms. The maximum absolute atomic E-state index is 5.34. The molecule has 2 heteroatoms. The highest BCUT2D eigenvalue weighted by Crippen LogP contribution is 2.17. The van der Waals surface area contributed by atoms with Crippen LogP contribution in [-0.4, -0.2) is 6.04 Å². The lowest BCUT2D eigenvalue weighted by Gasteiger charge is -2.15. The Bertz CT molecular complexity index is 461. The van der Waals surface area contributed by atoms with Gasteiger partial charge in [-0.05, 0) is 36.6 Å². The number of benzene rings is 1. The van der Waals surface area contributed by atoms with Crippen molar-refractivity contribution in [3.63, 3.8) is 0 Å². The van der Waals surface area contributed by atoms with Gasteiger partial charge in [-0.2, -0.15) is 0 Å². The van der Waals surface area contributed by atoms with Crippen LogP contribution >= 0.6 is 0 Å². The average Bonchev–Trinajstić information content (AvgIpc) is 2.81. The van der Waals surface area contributed by atoms with Crippen LogP contribution in [0.15, 0.2) is 34.9 Å². The number of rotatable bonds is 6. The van der Waals surface area contributed by atoms with Crippen molar-refractivity contribution in [1.29, 1.82) is 0 Å². The number of nitrogens with one attached hydrogen (secondary N) is 1. The van der Waals surface area contributed by atoms with Crippen molar-refractivity contribution in [1.82, 2.24) is 5.32 Å². The number of hydrogen-bond donors (Lipinski definition) is 1. The van der Waals surface area contributed by atoms with Gasteiger partial charge in [0.05, 0.1) is 6.26 Å². The molecule has 0 aliphatic carbocycles. The van der Waals surface area contributed by atoms with E-state index in [2.05, 4.69) is 31.3 Å². The first-order chi connectivity index (χ1) is 8.33. The minimum atomic E-state index is 0.639. The highest BCUT2D eigenvalue weighted by molar-refractivity contribution is 5.77. The molecular weight excluding hydrogens is 210 g/mol. The quantitative estimate of drug-likeness (QED) is 0.809. The molecule has 0 aliphatic rings. The standard InChI is InChI=1S/C15H21NO/c1-3-5-14(4-2)16-11-12-6-7-15-13(10-12)8-9-17-15/h6-10,14,16H,3-5,11H2,1-2H3. The Morgan fingerprint density at radius 2 is 2.12 bits per heavy atom. The molecule has 0 saturated heterocycles.